The highest BCUT2D eigenvalue weighted by Crippen LogP contribution is 2.31. The third kappa shape index (κ3) is 2.08. The van der Waals surface area contributed by atoms with E-state index in [1.54, 1.807) is 23.0 Å². The van der Waals surface area contributed by atoms with Crippen molar-refractivity contribution in [1.29, 1.82) is 0 Å². The Kier molecular flexibility index (Phi) is 3.38. The van der Waals surface area contributed by atoms with Crippen molar-refractivity contribution in [3.8, 4) is 0 Å². The van der Waals surface area contributed by atoms with Gasteiger partial charge in [0.05, 0.1) is 11.4 Å². The Balaban J connectivity index is 1.92. The van der Waals surface area contributed by atoms with E-state index in [2.05, 4.69) is 10.4 Å². The second kappa shape index (κ2) is 4.82. The van der Waals surface area contributed by atoms with E-state index in [1.807, 2.05) is 6.92 Å². The first-order chi connectivity index (χ1) is 9.41. The van der Waals surface area contributed by atoms with Crippen LogP contribution in [0.25, 0.3) is 0 Å². The van der Waals surface area contributed by atoms with Gasteiger partial charge in [-0.25, -0.2) is 8.42 Å². The molecule has 0 aliphatic carbocycles. The minimum Gasteiger partial charge on any atom is -0.316 e. The van der Waals surface area contributed by atoms with Crippen LogP contribution in [0.15, 0.2) is 4.90 Å². The average molecular weight is 298 g/mol. The first kappa shape index (κ1) is 14.0. The molecule has 0 aromatic carbocycles. The van der Waals surface area contributed by atoms with Gasteiger partial charge in [-0.2, -0.15) is 9.40 Å². The van der Waals surface area contributed by atoms with Crippen LogP contribution in [-0.4, -0.2) is 48.7 Å². The Labute approximate surface area is 120 Å². The zero-order valence-electron chi connectivity index (χ0n) is 12.3. The van der Waals surface area contributed by atoms with Crippen LogP contribution in [-0.2, 0) is 17.1 Å². The molecular formula is C13H22N4O2S. The van der Waals surface area contributed by atoms with Crippen molar-refractivity contribution in [1.82, 2.24) is 19.4 Å². The number of nitrogens with one attached hydrogen (secondary N) is 1. The van der Waals surface area contributed by atoms with Crippen LogP contribution in [0.5, 0.6) is 0 Å². The summed E-state index contributed by atoms with van der Waals surface area (Å²) < 4.78 is 29.1. The molecule has 3 rings (SSSR count). The molecule has 1 N–H and O–H groups in total. The molecule has 2 aliphatic heterocycles. The number of piperidine rings is 1. The van der Waals surface area contributed by atoms with Crippen molar-refractivity contribution in [3.63, 3.8) is 0 Å². The number of hydrogen-bond donors (Lipinski definition) is 1. The highest BCUT2D eigenvalue weighted by atomic mass is 32.2. The fourth-order valence-electron chi connectivity index (χ4n) is 3.48. The van der Waals surface area contributed by atoms with Crippen molar-refractivity contribution in [2.75, 3.05) is 26.2 Å². The Morgan fingerprint density at radius 3 is 2.60 bits per heavy atom. The normalized spacial score (nSPS) is 27.8. The van der Waals surface area contributed by atoms with Crippen LogP contribution >= 0.6 is 0 Å². The molecule has 2 aliphatic rings. The zero-order valence-corrected chi connectivity index (χ0v) is 13.1. The summed E-state index contributed by atoms with van der Waals surface area (Å²) in [5.74, 6) is 1.09. The topological polar surface area (TPSA) is 67.2 Å². The van der Waals surface area contributed by atoms with Gasteiger partial charge in [0.25, 0.3) is 0 Å². The lowest BCUT2D eigenvalue weighted by Gasteiger charge is -2.33. The molecule has 7 heteroatoms. The van der Waals surface area contributed by atoms with Gasteiger partial charge in [0.2, 0.25) is 10.0 Å². The minimum atomic E-state index is -3.42. The Hall–Kier alpha value is -0.920. The van der Waals surface area contributed by atoms with E-state index in [1.165, 1.54) is 0 Å². The second-order valence-electron chi connectivity index (χ2n) is 5.95. The smallest absolute Gasteiger partial charge is 0.246 e. The lowest BCUT2D eigenvalue weighted by molar-refractivity contribution is 0.227. The number of fused-ring (bicyclic) bond motifs is 1. The Morgan fingerprint density at radius 1 is 1.25 bits per heavy atom. The number of sulfonamides is 1. The third-order valence-electron chi connectivity index (χ3n) is 4.71. The second-order valence-corrected chi connectivity index (χ2v) is 7.83. The minimum absolute atomic E-state index is 0.393. The molecule has 1 aromatic rings. The number of nitrogens with zero attached hydrogens (tertiary/aromatic N) is 3. The lowest BCUT2D eigenvalue weighted by Crippen LogP contribution is -2.43. The highest BCUT2D eigenvalue weighted by Gasteiger charge is 2.39. The van der Waals surface area contributed by atoms with Crippen LogP contribution in [0.4, 0.5) is 0 Å². The molecule has 2 atom stereocenters. The van der Waals surface area contributed by atoms with Crippen molar-refractivity contribution >= 4 is 10.0 Å². The first-order valence-electron chi connectivity index (χ1n) is 7.12. The van der Waals surface area contributed by atoms with Gasteiger partial charge in [-0.3, -0.25) is 4.68 Å². The van der Waals surface area contributed by atoms with Gasteiger partial charge in [-0.1, -0.05) is 0 Å². The van der Waals surface area contributed by atoms with E-state index < -0.39 is 10.0 Å². The predicted octanol–water partition coefficient (Wildman–Crippen LogP) is 0.267. The molecule has 0 bridgehead atoms. The van der Waals surface area contributed by atoms with Crippen LogP contribution in [0.1, 0.15) is 17.8 Å². The van der Waals surface area contributed by atoms with E-state index in [0.717, 1.165) is 19.5 Å². The van der Waals surface area contributed by atoms with Crippen LogP contribution in [0.3, 0.4) is 0 Å². The molecule has 20 heavy (non-hydrogen) atoms. The molecule has 0 radical (unpaired) electrons. The maximum atomic E-state index is 12.9. The molecule has 0 saturated carbocycles. The van der Waals surface area contributed by atoms with Gasteiger partial charge in [0.1, 0.15) is 4.90 Å². The zero-order chi connectivity index (χ0) is 14.5. The Bertz CT molecular complexity index is 623. The number of aryl methyl sites for hydroxylation is 2. The summed E-state index contributed by atoms with van der Waals surface area (Å²) in [4.78, 5) is 0.393. The van der Waals surface area contributed by atoms with Gasteiger partial charge >= 0.3 is 0 Å². The maximum Gasteiger partial charge on any atom is 0.246 e. The molecule has 0 amide bonds. The quantitative estimate of drug-likeness (QED) is 0.851. The van der Waals surface area contributed by atoms with E-state index in [4.69, 9.17) is 0 Å². The van der Waals surface area contributed by atoms with Crippen molar-refractivity contribution in [3.05, 3.63) is 11.4 Å². The SMILES string of the molecule is Cc1nn(C)c(C)c1S(=O)(=O)N1CCC2CNCC2C1. The third-order valence-corrected chi connectivity index (χ3v) is 6.83. The first-order valence-corrected chi connectivity index (χ1v) is 8.56. The average Bonchev–Trinajstić information content (AvgIpc) is 2.94. The molecule has 1 aromatic heterocycles. The summed E-state index contributed by atoms with van der Waals surface area (Å²) >= 11 is 0. The molecule has 2 fully saturated rings. The van der Waals surface area contributed by atoms with Gasteiger partial charge in [-0.15, -0.1) is 0 Å². The largest absolute Gasteiger partial charge is 0.316 e. The van der Waals surface area contributed by atoms with E-state index in [0.29, 0.717) is 41.2 Å². The molecule has 2 unspecified atom stereocenters. The highest BCUT2D eigenvalue weighted by molar-refractivity contribution is 7.89. The van der Waals surface area contributed by atoms with Crippen molar-refractivity contribution in [2.24, 2.45) is 18.9 Å². The van der Waals surface area contributed by atoms with E-state index >= 15 is 0 Å². The van der Waals surface area contributed by atoms with Gasteiger partial charge in [-0.05, 0) is 45.2 Å². The molecule has 0 spiro atoms. The van der Waals surface area contributed by atoms with Gasteiger partial charge < -0.3 is 5.32 Å². The summed E-state index contributed by atoms with van der Waals surface area (Å²) in [6.45, 7) is 6.80. The fraction of sp³-hybridized carbons (Fsp3) is 0.769. The summed E-state index contributed by atoms with van der Waals surface area (Å²) in [5, 5.41) is 7.60. The van der Waals surface area contributed by atoms with Crippen molar-refractivity contribution < 1.29 is 8.42 Å². The summed E-state index contributed by atoms with van der Waals surface area (Å²) in [5.41, 5.74) is 1.31. The van der Waals surface area contributed by atoms with E-state index in [9.17, 15) is 8.42 Å². The molecule has 2 saturated heterocycles. The fourth-order valence-corrected chi connectivity index (χ4v) is 5.39. The maximum absolute atomic E-state index is 12.9. The predicted molar refractivity (Wildman–Crippen MR) is 75.9 cm³/mol. The number of rotatable bonds is 2. The van der Waals surface area contributed by atoms with Gasteiger partial charge in [0, 0.05) is 20.1 Å². The van der Waals surface area contributed by atoms with Crippen LogP contribution < -0.4 is 5.32 Å². The van der Waals surface area contributed by atoms with E-state index in [-0.39, 0.29) is 0 Å². The lowest BCUT2D eigenvalue weighted by atomic mass is 9.90. The van der Waals surface area contributed by atoms with Crippen LogP contribution in [0.2, 0.25) is 0 Å². The molecule has 6 nitrogen and oxygen atoms in total. The summed E-state index contributed by atoms with van der Waals surface area (Å²) in [7, 11) is -1.63. The molecular weight excluding hydrogens is 276 g/mol. The van der Waals surface area contributed by atoms with Gasteiger partial charge in [0.15, 0.2) is 0 Å². The summed E-state index contributed by atoms with van der Waals surface area (Å²) in [6, 6.07) is 0. The monoisotopic (exact) mass is 298 g/mol. The standard InChI is InChI=1S/C13H22N4O2S/c1-9-13(10(2)16(3)15-9)20(18,19)17-5-4-11-6-14-7-12(11)8-17/h11-12,14H,4-8H2,1-3H3. The number of hydrogen-bond acceptors (Lipinski definition) is 4. The molecule has 112 valence electrons. The number of aromatic nitrogens is 2. The molecule has 3 heterocycles. The van der Waals surface area contributed by atoms with Crippen molar-refractivity contribution in [2.45, 2.75) is 25.2 Å². The van der Waals surface area contributed by atoms with Crippen LogP contribution in [0, 0.1) is 25.7 Å². The summed E-state index contributed by atoms with van der Waals surface area (Å²) in [6.07, 6.45) is 0.954. The Morgan fingerprint density at radius 2 is 1.95 bits per heavy atom.